The van der Waals surface area contributed by atoms with Gasteiger partial charge in [0.1, 0.15) is 6.04 Å². The normalized spacial score (nSPS) is 17.0. The van der Waals surface area contributed by atoms with E-state index in [-0.39, 0.29) is 17.7 Å². The summed E-state index contributed by atoms with van der Waals surface area (Å²) < 4.78 is 38.5. The van der Waals surface area contributed by atoms with Gasteiger partial charge in [-0.05, 0) is 29.8 Å². The molecule has 1 aromatic heterocycles. The lowest BCUT2D eigenvalue weighted by atomic mass is 10.0. The van der Waals surface area contributed by atoms with Crippen LogP contribution >= 0.6 is 0 Å². The Morgan fingerprint density at radius 1 is 1.30 bits per heavy atom. The number of fused-ring (bicyclic) bond motifs is 1. The minimum atomic E-state index is -4.52. The molecule has 1 aliphatic heterocycles. The molecule has 0 aliphatic carbocycles. The van der Waals surface area contributed by atoms with Gasteiger partial charge in [-0.15, -0.1) is 0 Å². The van der Waals surface area contributed by atoms with Crippen molar-refractivity contribution in [2.75, 3.05) is 0 Å². The van der Waals surface area contributed by atoms with Crippen molar-refractivity contribution in [3.05, 3.63) is 65.0 Å². The van der Waals surface area contributed by atoms with Gasteiger partial charge in [-0.1, -0.05) is 6.07 Å². The second-order valence-corrected chi connectivity index (χ2v) is 5.13. The first kappa shape index (κ1) is 15.0. The number of pyridine rings is 1. The minimum absolute atomic E-state index is 0.0937. The highest BCUT2D eigenvalue weighted by molar-refractivity contribution is 5.99. The van der Waals surface area contributed by atoms with E-state index in [0.29, 0.717) is 5.56 Å². The number of aromatic nitrogens is 1. The second-order valence-electron chi connectivity index (χ2n) is 5.13. The van der Waals surface area contributed by atoms with Gasteiger partial charge >= 0.3 is 6.18 Å². The number of halogens is 3. The molecular formula is C16H10F3N3O. The Morgan fingerprint density at radius 3 is 2.70 bits per heavy atom. The Hall–Kier alpha value is -2.88. The van der Waals surface area contributed by atoms with Crippen LogP contribution in [-0.4, -0.2) is 15.8 Å². The first-order chi connectivity index (χ1) is 10.9. The van der Waals surface area contributed by atoms with E-state index < -0.39 is 23.7 Å². The Morgan fingerprint density at radius 2 is 2.09 bits per heavy atom. The van der Waals surface area contributed by atoms with E-state index in [4.69, 9.17) is 0 Å². The summed E-state index contributed by atoms with van der Waals surface area (Å²) in [6.45, 7) is 0.112. The summed E-state index contributed by atoms with van der Waals surface area (Å²) in [5.41, 5.74) is 0.0575. The highest BCUT2D eigenvalue weighted by Gasteiger charge is 2.39. The van der Waals surface area contributed by atoms with Crippen molar-refractivity contribution in [2.45, 2.75) is 18.8 Å². The molecule has 1 unspecified atom stereocenters. The number of alkyl halides is 3. The van der Waals surface area contributed by atoms with E-state index in [1.54, 1.807) is 24.5 Å². The largest absolute Gasteiger partial charge is 0.416 e. The maximum atomic E-state index is 12.8. The molecule has 0 fully saturated rings. The summed E-state index contributed by atoms with van der Waals surface area (Å²) in [5, 5.41) is 9.33. The Labute approximate surface area is 129 Å². The summed E-state index contributed by atoms with van der Waals surface area (Å²) in [6, 6.07) is 7.17. The maximum absolute atomic E-state index is 12.8. The van der Waals surface area contributed by atoms with Crippen LogP contribution in [0, 0.1) is 11.3 Å². The molecule has 2 aromatic rings. The van der Waals surface area contributed by atoms with Crippen LogP contribution in [0.5, 0.6) is 0 Å². The third-order valence-electron chi connectivity index (χ3n) is 3.67. The lowest BCUT2D eigenvalue weighted by Gasteiger charge is -2.20. The molecule has 2 heterocycles. The molecule has 1 aromatic carbocycles. The van der Waals surface area contributed by atoms with Gasteiger partial charge in [-0.3, -0.25) is 9.78 Å². The van der Waals surface area contributed by atoms with Crippen molar-refractivity contribution in [3.8, 4) is 6.07 Å². The summed E-state index contributed by atoms with van der Waals surface area (Å²) in [7, 11) is 0. The topological polar surface area (TPSA) is 57.0 Å². The van der Waals surface area contributed by atoms with E-state index in [1.165, 1.54) is 4.90 Å². The van der Waals surface area contributed by atoms with Gasteiger partial charge < -0.3 is 4.90 Å². The molecule has 0 radical (unpaired) electrons. The van der Waals surface area contributed by atoms with Crippen LogP contribution in [0.25, 0.3) is 0 Å². The number of carbonyl (C=O) groups is 1. The molecule has 1 atom stereocenters. The average Bonchev–Trinajstić information content (AvgIpc) is 2.79. The van der Waals surface area contributed by atoms with Crippen LogP contribution in [-0.2, 0) is 12.7 Å². The number of benzene rings is 1. The molecule has 0 N–H and O–H groups in total. The summed E-state index contributed by atoms with van der Waals surface area (Å²) >= 11 is 0. The minimum Gasteiger partial charge on any atom is -0.314 e. The number of rotatable bonds is 2. The number of nitriles is 1. The number of hydrogen-bond acceptors (Lipinski definition) is 3. The molecule has 3 rings (SSSR count). The fraction of sp³-hybridized carbons (Fsp3) is 0.188. The SMILES string of the molecule is N#CC1c2cc(C(F)(F)F)ccc2C(=O)N1Cc1cccnc1. The summed E-state index contributed by atoms with van der Waals surface area (Å²) in [5.74, 6) is -0.455. The lowest BCUT2D eigenvalue weighted by Crippen LogP contribution is -2.26. The second kappa shape index (κ2) is 5.39. The summed E-state index contributed by atoms with van der Waals surface area (Å²) in [4.78, 5) is 17.6. The smallest absolute Gasteiger partial charge is 0.314 e. The van der Waals surface area contributed by atoms with Gasteiger partial charge in [0.15, 0.2) is 0 Å². The summed E-state index contributed by atoms with van der Waals surface area (Å²) in [6.07, 6.45) is -1.40. The highest BCUT2D eigenvalue weighted by atomic mass is 19.4. The maximum Gasteiger partial charge on any atom is 0.416 e. The molecule has 0 saturated heterocycles. The van der Waals surface area contributed by atoms with Crippen LogP contribution in [0.1, 0.15) is 33.1 Å². The highest BCUT2D eigenvalue weighted by Crippen LogP contribution is 2.38. The van der Waals surface area contributed by atoms with Crippen molar-refractivity contribution in [1.82, 2.24) is 9.88 Å². The molecule has 1 amide bonds. The predicted molar refractivity (Wildman–Crippen MR) is 73.9 cm³/mol. The zero-order chi connectivity index (χ0) is 16.6. The van der Waals surface area contributed by atoms with Crippen molar-refractivity contribution in [2.24, 2.45) is 0 Å². The van der Waals surface area contributed by atoms with E-state index >= 15 is 0 Å². The fourth-order valence-corrected chi connectivity index (χ4v) is 2.59. The average molecular weight is 317 g/mol. The van der Waals surface area contributed by atoms with Gasteiger partial charge in [0.05, 0.1) is 11.6 Å². The van der Waals surface area contributed by atoms with Crippen LogP contribution in [0.4, 0.5) is 13.2 Å². The molecule has 0 bridgehead atoms. The van der Waals surface area contributed by atoms with Crippen LogP contribution in [0.3, 0.4) is 0 Å². The predicted octanol–water partition coefficient (Wildman–Crippen LogP) is 3.32. The molecule has 7 heteroatoms. The number of carbonyl (C=O) groups excluding carboxylic acids is 1. The number of nitrogens with zero attached hydrogens (tertiary/aromatic N) is 3. The molecule has 1 aliphatic rings. The number of hydrogen-bond donors (Lipinski definition) is 0. The van der Waals surface area contributed by atoms with Gasteiger partial charge in [-0.2, -0.15) is 18.4 Å². The Balaban J connectivity index is 1.99. The van der Waals surface area contributed by atoms with Gasteiger partial charge in [0.2, 0.25) is 0 Å². The molecule has 0 spiro atoms. The zero-order valence-corrected chi connectivity index (χ0v) is 11.7. The van der Waals surface area contributed by atoms with Crippen molar-refractivity contribution >= 4 is 5.91 Å². The Kier molecular flexibility index (Phi) is 3.52. The number of amides is 1. The molecule has 116 valence electrons. The zero-order valence-electron chi connectivity index (χ0n) is 11.7. The lowest BCUT2D eigenvalue weighted by molar-refractivity contribution is -0.137. The van der Waals surface area contributed by atoms with Crippen LogP contribution in [0.15, 0.2) is 42.7 Å². The fourth-order valence-electron chi connectivity index (χ4n) is 2.59. The first-order valence-corrected chi connectivity index (χ1v) is 6.72. The van der Waals surface area contributed by atoms with Crippen molar-refractivity contribution in [3.63, 3.8) is 0 Å². The Bertz CT molecular complexity index is 796. The van der Waals surface area contributed by atoms with E-state index in [0.717, 1.165) is 18.2 Å². The van der Waals surface area contributed by atoms with E-state index in [9.17, 15) is 23.2 Å². The monoisotopic (exact) mass is 317 g/mol. The first-order valence-electron chi connectivity index (χ1n) is 6.72. The molecule has 23 heavy (non-hydrogen) atoms. The third-order valence-corrected chi connectivity index (χ3v) is 3.67. The van der Waals surface area contributed by atoms with Crippen LogP contribution in [0.2, 0.25) is 0 Å². The van der Waals surface area contributed by atoms with Gasteiger partial charge in [-0.25, -0.2) is 0 Å². The molecule has 0 saturated carbocycles. The van der Waals surface area contributed by atoms with Gasteiger partial charge in [0.25, 0.3) is 5.91 Å². The van der Waals surface area contributed by atoms with Crippen LogP contribution < -0.4 is 0 Å². The van der Waals surface area contributed by atoms with E-state index in [2.05, 4.69) is 4.98 Å². The molecular weight excluding hydrogens is 307 g/mol. The van der Waals surface area contributed by atoms with Crippen molar-refractivity contribution < 1.29 is 18.0 Å². The standard InChI is InChI=1S/C16H10F3N3O/c17-16(18,19)11-3-4-12-13(6-11)14(7-20)22(15(12)23)9-10-2-1-5-21-8-10/h1-6,8,14H,9H2. The quantitative estimate of drug-likeness (QED) is 0.854. The van der Waals surface area contributed by atoms with E-state index in [1.807, 2.05) is 6.07 Å². The molecule has 4 nitrogen and oxygen atoms in total. The third kappa shape index (κ3) is 2.63. The van der Waals surface area contributed by atoms with Gasteiger partial charge in [0, 0.05) is 30.1 Å². The van der Waals surface area contributed by atoms with Crippen molar-refractivity contribution in [1.29, 1.82) is 5.26 Å².